The Labute approximate surface area is 94.9 Å². The number of hydrogen-bond donors (Lipinski definition) is 1. The first-order valence-corrected chi connectivity index (χ1v) is 5.82. The summed E-state index contributed by atoms with van der Waals surface area (Å²) in [6.07, 6.45) is 2.60. The van der Waals surface area contributed by atoms with E-state index in [4.69, 9.17) is 0 Å². The van der Waals surface area contributed by atoms with Crippen molar-refractivity contribution < 1.29 is 8.78 Å². The molecular formula is C13H17F2N. The van der Waals surface area contributed by atoms with Crippen molar-refractivity contribution in [3.63, 3.8) is 0 Å². The standard InChI is InChI=1S/C13H17F2N/c1-9(10-5-6-10)7-16-8-11-12(14)3-2-4-13(11)15/h2-4,9-10,16H,5-8H2,1H3. The molecule has 1 aliphatic carbocycles. The Hall–Kier alpha value is -0.960. The van der Waals surface area contributed by atoms with Crippen molar-refractivity contribution in [2.75, 3.05) is 6.54 Å². The zero-order chi connectivity index (χ0) is 11.5. The number of benzene rings is 1. The second kappa shape index (κ2) is 4.91. The zero-order valence-electron chi connectivity index (χ0n) is 9.47. The molecule has 0 heterocycles. The van der Waals surface area contributed by atoms with Crippen LogP contribution in [0.15, 0.2) is 18.2 Å². The Kier molecular flexibility index (Phi) is 3.54. The van der Waals surface area contributed by atoms with E-state index in [0.29, 0.717) is 5.92 Å². The highest BCUT2D eigenvalue weighted by Crippen LogP contribution is 2.36. The molecule has 16 heavy (non-hydrogen) atoms. The van der Waals surface area contributed by atoms with Crippen LogP contribution in [0.25, 0.3) is 0 Å². The molecule has 0 spiro atoms. The summed E-state index contributed by atoms with van der Waals surface area (Å²) in [5.41, 5.74) is 0.144. The van der Waals surface area contributed by atoms with Gasteiger partial charge in [-0.2, -0.15) is 0 Å². The van der Waals surface area contributed by atoms with Crippen molar-refractivity contribution >= 4 is 0 Å². The van der Waals surface area contributed by atoms with Crippen LogP contribution < -0.4 is 5.32 Å². The van der Waals surface area contributed by atoms with Crippen LogP contribution >= 0.6 is 0 Å². The molecule has 1 unspecified atom stereocenters. The number of hydrogen-bond acceptors (Lipinski definition) is 1. The van der Waals surface area contributed by atoms with Gasteiger partial charge in [-0.15, -0.1) is 0 Å². The monoisotopic (exact) mass is 225 g/mol. The Morgan fingerprint density at radius 1 is 1.31 bits per heavy atom. The molecule has 1 aromatic carbocycles. The lowest BCUT2D eigenvalue weighted by atomic mass is 10.1. The molecule has 1 nitrogen and oxygen atoms in total. The van der Waals surface area contributed by atoms with Crippen LogP contribution in [0.4, 0.5) is 8.78 Å². The number of halogens is 2. The van der Waals surface area contributed by atoms with E-state index in [1.54, 1.807) is 0 Å². The summed E-state index contributed by atoms with van der Waals surface area (Å²) in [7, 11) is 0. The van der Waals surface area contributed by atoms with Crippen LogP contribution in [0.5, 0.6) is 0 Å². The average molecular weight is 225 g/mol. The molecule has 2 rings (SSSR count). The fraction of sp³-hybridized carbons (Fsp3) is 0.538. The first-order chi connectivity index (χ1) is 7.68. The Balaban J connectivity index is 1.84. The Morgan fingerprint density at radius 2 is 1.94 bits per heavy atom. The van der Waals surface area contributed by atoms with Gasteiger partial charge in [-0.25, -0.2) is 8.78 Å². The average Bonchev–Trinajstić information content (AvgIpc) is 3.05. The lowest BCUT2D eigenvalue weighted by Gasteiger charge is -2.12. The highest BCUT2D eigenvalue weighted by molar-refractivity contribution is 5.19. The largest absolute Gasteiger partial charge is 0.312 e. The third-order valence-electron chi connectivity index (χ3n) is 3.26. The van der Waals surface area contributed by atoms with Gasteiger partial charge in [0.15, 0.2) is 0 Å². The van der Waals surface area contributed by atoms with E-state index in [0.717, 1.165) is 12.5 Å². The summed E-state index contributed by atoms with van der Waals surface area (Å²) in [5, 5.41) is 3.12. The molecule has 0 bridgehead atoms. The second-order valence-corrected chi connectivity index (χ2v) is 4.65. The van der Waals surface area contributed by atoms with Crippen LogP contribution in [0.2, 0.25) is 0 Å². The SMILES string of the molecule is CC(CNCc1c(F)cccc1F)C1CC1. The first kappa shape index (κ1) is 11.5. The molecule has 1 atom stereocenters. The predicted molar refractivity (Wildman–Crippen MR) is 60.0 cm³/mol. The summed E-state index contributed by atoms with van der Waals surface area (Å²) in [5.74, 6) is 0.492. The maximum absolute atomic E-state index is 13.3. The van der Waals surface area contributed by atoms with Crippen molar-refractivity contribution in [1.29, 1.82) is 0 Å². The minimum atomic E-state index is -0.466. The van der Waals surface area contributed by atoms with Gasteiger partial charge < -0.3 is 5.32 Å². The zero-order valence-corrected chi connectivity index (χ0v) is 9.47. The summed E-state index contributed by atoms with van der Waals surface area (Å²) in [6.45, 7) is 3.29. The fourth-order valence-electron chi connectivity index (χ4n) is 1.96. The van der Waals surface area contributed by atoms with E-state index in [1.807, 2.05) is 0 Å². The van der Waals surface area contributed by atoms with E-state index in [9.17, 15) is 8.78 Å². The van der Waals surface area contributed by atoms with E-state index in [1.165, 1.54) is 31.0 Å². The third-order valence-corrected chi connectivity index (χ3v) is 3.26. The highest BCUT2D eigenvalue weighted by Gasteiger charge is 2.27. The lowest BCUT2D eigenvalue weighted by Crippen LogP contribution is -2.22. The van der Waals surface area contributed by atoms with Gasteiger partial charge in [0.2, 0.25) is 0 Å². The van der Waals surface area contributed by atoms with Gasteiger partial charge in [0, 0.05) is 12.1 Å². The van der Waals surface area contributed by atoms with Gasteiger partial charge in [-0.05, 0) is 43.4 Å². The minimum absolute atomic E-state index is 0.144. The quantitative estimate of drug-likeness (QED) is 0.812. The molecule has 0 saturated heterocycles. The molecule has 1 N–H and O–H groups in total. The van der Waals surface area contributed by atoms with E-state index in [-0.39, 0.29) is 12.1 Å². The van der Waals surface area contributed by atoms with Gasteiger partial charge in [0.1, 0.15) is 11.6 Å². The van der Waals surface area contributed by atoms with E-state index >= 15 is 0 Å². The van der Waals surface area contributed by atoms with Crippen molar-refractivity contribution in [2.24, 2.45) is 11.8 Å². The highest BCUT2D eigenvalue weighted by atomic mass is 19.1. The topological polar surface area (TPSA) is 12.0 Å². The molecule has 0 radical (unpaired) electrons. The van der Waals surface area contributed by atoms with Crippen molar-refractivity contribution in [3.8, 4) is 0 Å². The smallest absolute Gasteiger partial charge is 0.130 e. The predicted octanol–water partition coefficient (Wildman–Crippen LogP) is 3.10. The third kappa shape index (κ3) is 2.79. The molecule has 1 aliphatic rings. The van der Waals surface area contributed by atoms with Crippen LogP contribution in [-0.2, 0) is 6.54 Å². The second-order valence-electron chi connectivity index (χ2n) is 4.65. The molecule has 1 aromatic rings. The summed E-state index contributed by atoms with van der Waals surface area (Å²) in [6, 6.07) is 3.98. The van der Waals surface area contributed by atoms with Gasteiger partial charge in [-0.1, -0.05) is 13.0 Å². The molecule has 88 valence electrons. The van der Waals surface area contributed by atoms with Crippen molar-refractivity contribution in [3.05, 3.63) is 35.4 Å². The maximum atomic E-state index is 13.3. The normalized spacial score (nSPS) is 17.4. The van der Waals surface area contributed by atoms with Crippen LogP contribution in [0.3, 0.4) is 0 Å². The van der Waals surface area contributed by atoms with E-state index in [2.05, 4.69) is 12.2 Å². The van der Waals surface area contributed by atoms with Crippen molar-refractivity contribution in [1.82, 2.24) is 5.32 Å². The molecule has 1 saturated carbocycles. The number of nitrogens with one attached hydrogen (secondary N) is 1. The van der Waals surface area contributed by atoms with Gasteiger partial charge in [-0.3, -0.25) is 0 Å². The van der Waals surface area contributed by atoms with Gasteiger partial charge >= 0.3 is 0 Å². The van der Waals surface area contributed by atoms with Gasteiger partial charge in [0.25, 0.3) is 0 Å². The summed E-state index contributed by atoms with van der Waals surface area (Å²) >= 11 is 0. The minimum Gasteiger partial charge on any atom is -0.312 e. The lowest BCUT2D eigenvalue weighted by molar-refractivity contribution is 0.450. The number of rotatable bonds is 5. The molecule has 0 amide bonds. The van der Waals surface area contributed by atoms with Crippen LogP contribution in [0.1, 0.15) is 25.3 Å². The maximum Gasteiger partial charge on any atom is 0.130 e. The Bertz CT molecular complexity index is 341. The summed E-state index contributed by atoms with van der Waals surface area (Å²) in [4.78, 5) is 0. The molecule has 1 fully saturated rings. The molecule has 0 aliphatic heterocycles. The molecule has 0 aromatic heterocycles. The van der Waals surface area contributed by atoms with Gasteiger partial charge in [0.05, 0.1) is 0 Å². The molecular weight excluding hydrogens is 208 g/mol. The van der Waals surface area contributed by atoms with E-state index < -0.39 is 11.6 Å². The van der Waals surface area contributed by atoms with Crippen molar-refractivity contribution in [2.45, 2.75) is 26.3 Å². The van der Waals surface area contributed by atoms with Crippen LogP contribution in [-0.4, -0.2) is 6.54 Å². The Morgan fingerprint density at radius 3 is 2.50 bits per heavy atom. The van der Waals surface area contributed by atoms with Crippen LogP contribution in [0, 0.1) is 23.5 Å². The fourth-order valence-corrected chi connectivity index (χ4v) is 1.96. The molecule has 3 heteroatoms. The summed E-state index contributed by atoms with van der Waals surface area (Å²) < 4.78 is 26.5. The first-order valence-electron chi connectivity index (χ1n) is 5.82.